The van der Waals surface area contributed by atoms with E-state index < -0.39 is 0 Å². The van der Waals surface area contributed by atoms with Crippen LogP contribution >= 0.6 is 22.7 Å². The second-order valence-electron chi connectivity index (χ2n) is 5.53. The van der Waals surface area contributed by atoms with Gasteiger partial charge >= 0.3 is 0 Å². The first kappa shape index (κ1) is 16.8. The summed E-state index contributed by atoms with van der Waals surface area (Å²) in [6, 6.07) is 10.1. The zero-order valence-electron chi connectivity index (χ0n) is 13.6. The SMILES string of the molecule is CN=c1scc(C[C@H](Cc2ccccc2)C(=O)c2n[c]cs2)n1C. The van der Waals surface area contributed by atoms with Crippen molar-refractivity contribution in [2.24, 2.45) is 18.0 Å². The maximum Gasteiger partial charge on any atom is 0.195 e. The van der Waals surface area contributed by atoms with Crippen molar-refractivity contribution >= 4 is 28.5 Å². The van der Waals surface area contributed by atoms with Crippen LogP contribution in [0.2, 0.25) is 0 Å². The zero-order valence-corrected chi connectivity index (χ0v) is 15.2. The standard InChI is InChI=1S/C18H18N3OS2/c1-19-18-21(2)15(12-24-18)11-14(10-13-6-4-3-5-7-13)16(22)17-20-8-9-23-17/h3-7,9,12,14H,10-11H2,1-2H3/t14-/m0/s1. The molecule has 0 aliphatic heterocycles. The van der Waals surface area contributed by atoms with Crippen molar-refractivity contribution in [3.8, 4) is 0 Å². The Morgan fingerprint density at radius 2 is 2.08 bits per heavy atom. The normalized spacial score (nSPS) is 13.2. The molecule has 0 amide bonds. The van der Waals surface area contributed by atoms with Gasteiger partial charge in [0.05, 0.1) is 0 Å². The molecule has 0 N–H and O–H groups in total. The van der Waals surface area contributed by atoms with Crippen molar-refractivity contribution in [2.45, 2.75) is 12.8 Å². The molecule has 0 saturated heterocycles. The largest absolute Gasteiger partial charge is 0.324 e. The Hall–Kier alpha value is -2.05. The highest BCUT2D eigenvalue weighted by Gasteiger charge is 2.24. The van der Waals surface area contributed by atoms with Gasteiger partial charge in [0.2, 0.25) is 0 Å². The predicted octanol–water partition coefficient (Wildman–Crippen LogP) is 3.16. The van der Waals surface area contributed by atoms with Crippen LogP contribution in [0.1, 0.15) is 21.1 Å². The summed E-state index contributed by atoms with van der Waals surface area (Å²) in [4.78, 5) is 22.2. The molecule has 3 aromatic rings. The van der Waals surface area contributed by atoms with Gasteiger partial charge in [0, 0.05) is 36.5 Å². The van der Waals surface area contributed by atoms with Crippen LogP contribution in [0.4, 0.5) is 0 Å². The van der Waals surface area contributed by atoms with Gasteiger partial charge in [0.1, 0.15) is 6.20 Å². The number of thiazole rings is 2. The van der Waals surface area contributed by atoms with Crippen LogP contribution in [0.15, 0.2) is 46.1 Å². The fourth-order valence-corrected chi connectivity index (χ4v) is 4.16. The molecule has 0 saturated carbocycles. The van der Waals surface area contributed by atoms with Crippen molar-refractivity contribution in [1.82, 2.24) is 9.55 Å². The van der Waals surface area contributed by atoms with Gasteiger partial charge in [0.15, 0.2) is 15.6 Å². The molecule has 0 unspecified atom stereocenters. The smallest absolute Gasteiger partial charge is 0.195 e. The first-order valence-electron chi connectivity index (χ1n) is 7.65. The lowest BCUT2D eigenvalue weighted by molar-refractivity contribution is 0.0917. The topological polar surface area (TPSA) is 47.2 Å². The highest BCUT2D eigenvalue weighted by molar-refractivity contribution is 7.11. The molecule has 3 rings (SSSR count). The number of nitrogens with zero attached hydrogens (tertiary/aromatic N) is 3. The summed E-state index contributed by atoms with van der Waals surface area (Å²) in [7, 11) is 3.78. The Kier molecular flexibility index (Phi) is 5.37. The number of carbonyl (C=O) groups excluding carboxylic acids is 1. The molecule has 0 bridgehead atoms. The van der Waals surface area contributed by atoms with Gasteiger partial charge in [-0.3, -0.25) is 9.79 Å². The molecular weight excluding hydrogens is 338 g/mol. The van der Waals surface area contributed by atoms with Crippen LogP contribution in [0.25, 0.3) is 0 Å². The van der Waals surface area contributed by atoms with Crippen LogP contribution in [0.3, 0.4) is 0 Å². The molecule has 4 nitrogen and oxygen atoms in total. The summed E-state index contributed by atoms with van der Waals surface area (Å²) in [6.45, 7) is 0. The third kappa shape index (κ3) is 3.71. The molecule has 123 valence electrons. The monoisotopic (exact) mass is 356 g/mol. The van der Waals surface area contributed by atoms with Crippen molar-refractivity contribution in [3.05, 3.63) is 68.4 Å². The lowest BCUT2D eigenvalue weighted by Gasteiger charge is -2.15. The molecule has 2 heterocycles. The fraction of sp³-hybridized carbons (Fsp3) is 0.278. The van der Waals surface area contributed by atoms with E-state index in [0.717, 1.165) is 16.1 Å². The minimum absolute atomic E-state index is 0.0892. The van der Waals surface area contributed by atoms with Gasteiger partial charge < -0.3 is 4.57 Å². The number of benzene rings is 1. The summed E-state index contributed by atoms with van der Waals surface area (Å²) in [5, 5.41) is 4.35. The second kappa shape index (κ2) is 7.68. The molecule has 0 aliphatic carbocycles. The molecule has 6 heteroatoms. The van der Waals surface area contributed by atoms with E-state index in [0.29, 0.717) is 17.8 Å². The fourth-order valence-electron chi connectivity index (χ4n) is 2.68. The molecule has 2 aromatic heterocycles. The van der Waals surface area contributed by atoms with E-state index in [1.165, 1.54) is 11.3 Å². The van der Waals surface area contributed by atoms with Gasteiger partial charge in [-0.15, -0.1) is 22.7 Å². The summed E-state index contributed by atoms with van der Waals surface area (Å²) >= 11 is 2.95. The first-order chi connectivity index (χ1) is 11.7. The Bertz CT molecular complexity index is 863. The minimum atomic E-state index is -0.141. The van der Waals surface area contributed by atoms with Crippen LogP contribution in [-0.2, 0) is 19.9 Å². The van der Waals surface area contributed by atoms with Crippen LogP contribution in [0.5, 0.6) is 0 Å². The highest BCUT2D eigenvalue weighted by atomic mass is 32.1. The van der Waals surface area contributed by atoms with E-state index in [4.69, 9.17) is 0 Å². The molecule has 1 atom stereocenters. The van der Waals surface area contributed by atoms with E-state index in [2.05, 4.69) is 38.3 Å². The van der Waals surface area contributed by atoms with Gasteiger partial charge in [-0.05, 0) is 18.4 Å². The quantitative estimate of drug-likeness (QED) is 0.637. The highest BCUT2D eigenvalue weighted by Crippen LogP contribution is 2.21. The van der Waals surface area contributed by atoms with E-state index in [9.17, 15) is 4.79 Å². The van der Waals surface area contributed by atoms with Gasteiger partial charge in [-0.2, -0.15) is 0 Å². The minimum Gasteiger partial charge on any atom is -0.324 e. The Balaban J connectivity index is 1.89. The number of hydrogen-bond donors (Lipinski definition) is 0. The zero-order chi connectivity index (χ0) is 16.9. The van der Waals surface area contributed by atoms with Crippen LogP contribution in [-0.4, -0.2) is 22.4 Å². The molecule has 0 spiro atoms. The third-order valence-electron chi connectivity index (χ3n) is 3.96. The molecule has 24 heavy (non-hydrogen) atoms. The van der Waals surface area contributed by atoms with E-state index in [-0.39, 0.29) is 11.7 Å². The molecule has 1 radical (unpaired) electrons. The van der Waals surface area contributed by atoms with Gasteiger partial charge in [-0.25, -0.2) is 4.98 Å². The Morgan fingerprint density at radius 3 is 2.71 bits per heavy atom. The van der Waals surface area contributed by atoms with Crippen molar-refractivity contribution in [1.29, 1.82) is 0 Å². The Labute approximate surface area is 149 Å². The number of hydrogen-bond acceptors (Lipinski definition) is 5. The van der Waals surface area contributed by atoms with E-state index in [1.54, 1.807) is 23.8 Å². The average Bonchev–Trinajstić information content (AvgIpc) is 3.25. The predicted molar refractivity (Wildman–Crippen MR) is 97.4 cm³/mol. The number of carbonyl (C=O) groups is 1. The second-order valence-corrected chi connectivity index (χ2v) is 7.22. The molecule has 0 aliphatic rings. The third-order valence-corrected chi connectivity index (χ3v) is 5.76. The van der Waals surface area contributed by atoms with E-state index in [1.807, 2.05) is 25.2 Å². The summed E-state index contributed by atoms with van der Waals surface area (Å²) in [6.07, 6.45) is 4.13. The summed E-state index contributed by atoms with van der Waals surface area (Å²) in [5.74, 6) is -0.0521. The van der Waals surface area contributed by atoms with Crippen LogP contribution < -0.4 is 4.80 Å². The average molecular weight is 356 g/mol. The molecule has 1 aromatic carbocycles. The number of rotatable bonds is 6. The molecule has 0 fully saturated rings. The number of aromatic nitrogens is 2. The maximum atomic E-state index is 12.9. The lowest BCUT2D eigenvalue weighted by Crippen LogP contribution is -2.23. The summed E-state index contributed by atoms with van der Waals surface area (Å²) < 4.78 is 2.06. The Morgan fingerprint density at radius 1 is 1.29 bits per heavy atom. The van der Waals surface area contributed by atoms with Crippen LogP contribution in [0, 0.1) is 12.1 Å². The van der Waals surface area contributed by atoms with Crippen molar-refractivity contribution in [2.75, 3.05) is 7.05 Å². The van der Waals surface area contributed by atoms with E-state index >= 15 is 0 Å². The van der Waals surface area contributed by atoms with Crippen molar-refractivity contribution < 1.29 is 4.79 Å². The van der Waals surface area contributed by atoms with Gasteiger partial charge in [-0.1, -0.05) is 30.3 Å². The number of Topliss-reactive ketones (excluding diaryl/α,β-unsaturated/α-hetero) is 1. The van der Waals surface area contributed by atoms with Gasteiger partial charge in [0.25, 0.3) is 0 Å². The summed E-state index contributed by atoms with van der Waals surface area (Å²) in [5.41, 5.74) is 2.28. The first-order valence-corrected chi connectivity index (χ1v) is 9.41. The van der Waals surface area contributed by atoms with Crippen molar-refractivity contribution in [3.63, 3.8) is 0 Å². The lowest BCUT2D eigenvalue weighted by atomic mass is 9.91. The molecular formula is C18H18N3OS2. The number of ketones is 1. The maximum absolute atomic E-state index is 12.9.